The molecule has 1 aliphatic carbocycles. The number of fused-ring (bicyclic) bond motifs is 1. The zero-order valence-corrected chi connectivity index (χ0v) is 13.6. The van der Waals surface area contributed by atoms with E-state index in [9.17, 15) is 14.0 Å². The number of nitrogens with zero attached hydrogens (tertiary/aromatic N) is 1. The second-order valence-electron chi connectivity index (χ2n) is 6.43. The molecular weight excluding hydrogens is 321 g/mol. The van der Waals surface area contributed by atoms with Crippen molar-refractivity contribution in [3.05, 3.63) is 59.4 Å². The standard InChI is InChI=1S/C19H18FN3O2/c20-14-5-4-12-8-9-23(17(12)11-14)19(25)22-16-3-1-2-13(10-16)18(24)21-15-6-7-15/h1-5,10-11,15H,6-9H2,(H,21,24)(H,22,25). The zero-order valence-electron chi connectivity index (χ0n) is 13.6. The topological polar surface area (TPSA) is 61.4 Å². The first-order valence-corrected chi connectivity index (χ1v) is 8.38. The van der Waals surface area contributed by atoms with Crippen LogP contribution in [-0.2, 0) is 6.42 Å². The van der Waals surface area contributed by atoms with Gasteiger partial charge in [-0.05, 0) is 55.2 Å². The number of anilines is 2. The summed E-state index contributed by atoms with van der Waals surface area (Å²) in [6, 6.07) is 11.3. The predicted molar refractivity (Wildman–Crippen MR) is 93.4 cm³/mol. The minimum Gasteiger partial charge on any atom is -0.349 e. The lowest BCUT2D eigenvalue weighted by atomic mass is 10.2. The molecule has 4 rings (SSSR count). The highest BCUT2D eigenvalue weighted by molar-refractivity contribution is 6.04. The Labute approximate surface area is 144 Å². The molecule has 25 heavy (non-hydrogen) atoms. The molecule has 0 bridgehead atoms. The van der Waals surface area contributed by atoms with Gasteiger partial charge in [-0.1, -0.05) is 12.1 Å². The summed E-state index contributed by atoms with van der Waals surface area (Å²) in [4.78, 5) is 26.2. The third kappa shape index (κ3) is 3.33. The second kappa shape index (κ2) is 6.20. The van der Waals surface area contributed by atoms with E-state index in [1.807, 2.05) is 0 Å². The normalized spacial score (nSPS) is 15.6. The number of benzene rings is 2. The highest BCUT2D eigenvalue weighted by atomic mass is 19.1. The maximum atomic E-state index is 13.5. The fourth-order valence-corrected chi connectivity index (χ4v) is 2.99. The van der Waals surface area contributed by atoms with Crippen LogP contribution in [0.5, 0.6) is 0 Å². The van der Waals surface area contributed by atoms with Gasteiger partial charge in [0.2, 0.25) is 0 Å². The van der Waals surface area contributed by atoms with Crippen LogP contribution in [0, 0.1) is 5.82 Å². The largest absolute Gasteiger partial charge is 0.349 e. The lowest BCUT2D eigenvalue weighted by molar-refractivity contribution is 0.0951. The molecule has 0 saturated heterocycles. The number of carbonyl (C=O) groups excluding carboxylic acids is 2. The summed E-state index contributed by atoms with van der Waals surface area (Å²) in [5.74, 6) is -0.496. The van der Waals surface area contributed by atoms with Gasteiger partial charge in [0.25, 0.3) is 5.91 Å². The number of hydrogen-bond donors (Lipinski definition) is 2. The first-order valence-electron chi connectivity index (χ1n) is 8.38. The van der Waals surface area contributed by atoms with E-state index in [-0.39, 0.29) is 23.8 Å². The lowest BCUT2D eigenvalue weighted by Crippen LogP contribution is -2.33. The van der Waals surface area contributed by atoms with E-state index in [0.717, 1.165) is 18.4 Å². The molecule has 1 aliphatic heterocycles. The van der Waals surface area contributed by atoms with Crippen LogP contribution in [0.3, 0.4) is 0 Å². The Morgan fingerprint density at radius 3 is 2.76 bits per heavy atom. The van der Waals surface area contributed by atoms with Crippen LogP contribution in [0.4, 0.5) is 20.6 Å². The fraction of sp³-hybridized carbons (Fsp3) is 0.263. The predicted octanol–water partition coefficient (Wildman–Crippen LogP) is 3.31. The number of halogens is 1. The Balaban J connectivity index is 1.48. The zero-order chi connectivity index (χ0) is 17.4. The summed E-state index contributed by atoms with van der Waals surface area (Å²) >= 11 is 0. The van der Waals surface area contributed by atoms with Gasteiger partial charge in [0.1, 0.15) is 5.82 Å². The smallest absolute Gasteiger partial charge is 0.326 e. The van der Waals surface area contributed by atoms with E-state index in [2.05, 4.69) is 10.6 Å². The van der Waals surface area contributed by atoms with Crippen molar-refractivity contribution in [2.24, 2.45) is 0 Å². The van der Waals surface area contributed by atoms with Crippen molar-refractivity contribution in [3.8, 4) is 0 Å². The molecule has 0 unspecified atom stereocenters. The van der Waals surface area contributed by atoms with Crippen LogP contribution in [0.2, 0.25) is 0 Å². The molecule has 3 amide bonds. The molecular formula is C19H18FN3O2. The van der Waals surface area contributed by atoms with Gasteiger partial charge in [0.05, 0.1) is 5.69 Å². The first kappa shape index (κ1) is 15.6. The minimum absolute atomic E-state index is 0.132. The van der Waals surface area contributed by atoms with Crippen LogP contribution < -0.4 is 15.5 Å². The average Bonchev–Trinajstić information content (AvgIpc) is 3.31. The third-order valence-electron chi connectivity index (χ3n) is 4.48. The van der Waals surface area contributed by atoms with Gasteiger partial charge in [-0.3, -0.25) is 9.69 Å². The number of rotatable bonds is 3. The number of hydrogen-bond acceptors (Lipinski definition) is 2. The van der Waals surface area contributed by atoms with Crippen molar-refractivity contribution < 1.29 is 14.0 Å². The van der Waals surface area contributed by atoms with Gasteiger partial charge < -0.3 is 10.6 Å². The molecule has 0 aromatic heterocycles. The van der Waals surface area contributed by atoms with E-state index >= 15 is 0 Å². The van der Waals surface area contributed by atoms with E-state index in [1.54, 1.807) is 30.3 Å². The summed E-state index contributed by atoms with van der Waals surface area (Å²) in [7, 11) is 0. The molecule has 6 heteroatoms. The molecule has 128 valence electrons. The fourth-order valence-electron chi connectivity index (χ4n) is 2.99. The Morgan fingerprint density at radius 1 is 1.12 bits per heavy atom. The van der Waals surface area contributed by atoms with Gasteiger partial charge in [0, 0.05) is 23.8 Å². The van der Waals surface area contributed by atoms with Gasteiger partial charge in [-0.2, -0.15) is 0 Å². The lowest BCUT2D eigenvalue weighted by Gasteiger charge is -2.18. The number of amides is 3. The van der Waals surface area contributed by atoms with Gasteiger partial charge in [-0.25, -0.2) is 9.18 Å². The SMILES string of the molecule is O=C(NC1CC1)c1cccc(NC(=O)N2CCc3ccc(F)cc32)c1. The van der Waals surface area contributed by atoms with Crippen molar-refractivity contribution in [3.63, 3.8) is 0 Å². The first-order chi connectivity index (χ1) is 12.1. The average molecular weight is 339 g/mol. The molecule has 1 heterocycles. The summed E-state index contributed by atoms with van der Waals surface area (Å²) < 4.78 is 13.5. The van der Waals surface area contributed by atoms with E-state index in [1.165, 1.54) is 17.0 Å². The van der Waals surface area contributed by atoms with Crippen molar-refractivity contribution in [1.29, 1.82) is 0 Å². The molecule has 2 aromatic carbocycles. The molecule has 2 N–H and O–H groups in total. The van der Waals surface area contributed by atoms with Gasteiger partial charge >= 0.3 is 6.03 Å². The van der Waals surface area contributed by atoms with Gasteiger partial charge in [-0.15, -0.1) is 0 Å². The number of urea groups is 1. The van der Waals surface area contributed by atoms with E-state index in [0.29, 0.717) is 29.9 Å². The highest BCUT2D eigenvalue weighted by Crippen LogP contribution is 2.29. The monoisotopic (exact) mass is 339 g/mol. The van der Waals surface area contributed by atoms with Crippen molar-refractivity contribution >= 4 is 23.3 Å². The summed E-state index contributed by atoms with van der Waals surface area (Å²) in [6.45, 7) is 0.506. The molecule has 0 atom stereocenters. The van der Waals surface area contributed by atoms with Crippen molar-refractivity contribution in [2.75, 3.05) is 16.8 Å². The number of carbonyl (C=O) groups is 2. The van der Waals surface area contributed by atoms with Crippen molar-refractivity contribution in [1.82, 2.24) is 5.32 Å². The van der Waals surface area contributed by atoms with Crippen LogP contribution in [0.1, 0.15) is 28.8 Å². The molecule has 5 nitrogen and oxygen atoms in total. The number of nitrogens with one attached hydrogen (secondary N) is 2. The summed E-state index contributed by atoms with van der Waals surface area (Å²) in [5.41, 5.74) is 2.60. The van der Waals surface area contributed by atoms with Crippen LogP contribution in [0.15, 0.2) is 42.5 Å². The summed E-state index contributed by atoms with van der Waals surface area (Å²) in [5, 5.41) is 5.71. The van der Waals surface area contributed by atoms with E-state index < -0.39 is 0 Å². The molecule has 2 aliphatic rings. The Morgan fingerprint density at radius 2 is 1.96 bits per heavy atom. The van der Waals surface area contributed by atoms with E-state index in [4.69, 9.17) is 0 Å². The summed E-state index contributed by atoms with van der Waals surface area (Å²) in [6.07, 6.45) is 2.74. The second-order valence-corrected chi connectivity index (χ2v) is 6.43. The van der Waals surface area contributed by atoms with Crippen LogP contribution in [-0.4, -0.2) is 24.5 Å². The highest BCUT2D eigenvalue weighted by Gasteiger charge is 2.26. The van der Waals surface area contributed by atoms with Crippen LogP contribution >= 0.6 is 0 Å². The van der Waals surface area contributed by atoms with Crippen molar-refractivity contribution in [2.45, 2.75) is 25.3 Å². The Kier molecular flexibility index (Phi) is 3.87. The molecule has 0 radical (unpaired) electrons. The molecule has 1 fully saturated rings. The third-order valence-corrected chi connectivity index (χ3v) is 4.48. The maximum absolute atomic E-state index is 13.5. The maximum Gasteiger partial charge on any atom is 0.326 e. The quantitative estimate of drug-likeness (QED) is 0.901. The minimum atomic E-state index is -0.364. The molecule has 0 spiro atoms. The Hall–Kier alpha value is -2.89. The molecule has 2 aromatic rings. The Bertz CT molecular complexity index is 848. The van der Waals surface area contributed by atoms with Gasteiger partial charge in [0.15, 0.2) is 0 Å². The molecule has 1 saturated carbocycles. The van der Waals surface area contributed by atoms with Crippen LogP contribution in [0.25, 0.3) is 0 Å².